The highest BCUT2D eigenvalue weighted by atomic mass is 35.5. The van der Waals surface area contributed by atoms with Crippen LogP contribution < -0.4 is 5.32 Å². The Balaban J connectivity index is 1.47. The minimum atomic E-state index is -0.671. The molecule has 0 aliphatic heterocycles. The van der Waals surface area contributed by atoms with Gasteiger partial charge in [0.1, 0.15) is 6.04 Å². The van der Waals surface area contributed by atoms with Gasteiger partial charge in [0.15, 0.2) is 0 Å². The molecule has 2 aliphatic carbocycles. The van der Waals surface area contributed by atoms with Crippen LogP contribution in [0, 0.1) is 11.3 Å². The van der Waals surface area contributed by atoms with Crippen molar-refractivity contribution in [2.75, 3.05) is 0 Å². The lowest BCUT2D eigenvalue weighted by Crippen LogP contribution is -2.53. The number of nitrogens with one attached hydrogen (secondary N) is 1. The molecule has 2 N–H and O–H groups in total. The SMILES string of the molecule is CC(C(=O)NC1CC2(CCC(C(=O)O)CC2)C1)n1cc(Cl)cn1. The monoisotopic (exact) mass is 339 g/mol. The predicted octanol–water partition coefficient (Wildman–Crippen LogP) is 2.64. The Kier molecular flexibility index (Phi) is 4.36. The van der Waals surface area contributed by atoms with E-state index in [1.807, 2.05) is 0 Å². The summed E-state index contributed by atoms with van der Waals surface area (Å²) in [5.74, 6) is -0.904. The van der Waals surface area contributed by atoms with Gasteiger partial charge in [-0.25, -0.2) is 0 Å². The molecule has 1 aromatic rings. The summed E-state index contributed by atoms with van der Waals surface area (Å²) in [6, 6.07) is -0.195. The van der Waals surface area contributed by atoms with Crippen molar-refractivity contribution in [1.29, 1.82) is 0 Å². The minimum absolute atomic E-state index is 0.0520. The summed E-state index contributed by atoms with van der Waals surface area (Å²) in [6.45, 7) is 1.80. The second kappa shape index (κ2) is 6.15. The Bertz CT molecular complexity index is 599. The molecule has 23 heavy (non-hydrogen) atoms. The summed E-state index contributed by atoms with van der Waals surface area (Å²) >= 11 is 5.83. The van der Waals surface area contributed by atoms with Gasteiger partial charge in [-0.05, 0) is 50.9 Å². The van der Waals surface area contributed by atoms with Gasteiger partial charge < -0.3 is 10.4 Å². The average Bonchev–Trinajstić information content (AvgIpc) is 2.91. The highest BCUT2D eigenvalue weighted by Crippen LogP contribution is 2.52. The van der Waals surface area contributed by atoms with Crippen LogP contribution in [0.1, 0.15) is 51.5 Å². The second-order valence-corrected chi connectivity index (χ2v) is 7.48. The molecule has 0 bridgehead atoms. The van der Waals surface area contributed by atoms with Crippen LogP contribution in [0.4, 0.5) is 0 Å². The molecule has 1 atom stereocenters. The lowest BCUT2D eigenvalue weighted by atomic mass is 9.57. The summed E-state index contributed by atoms with van der Waals surface area (Å²) in [5.41, 5.74) is 0.252. The van der Waals surface area contributed by atoms with Gasteiger partial charge in [0, 0.05) is 12.2 Å². The summed E-state index contributed by atoms with van der Waals surface area (Å²) < 4.78 is 1.56. The summed E-state index contributed by atoms with van der Waals surface area (Å²) in [6.07, 6.45) is 8.51. The number of nitrogens with zero attached hydrogens (tertiary/aromatic N) is 2. The maximum Gasteiger partial charge on any atom is 0.306 e. The van der Waals surface area contributed by atoms with E-state index in [4.69, 9.17) is 16.7 Å². The van der Waals surface area contributed by atoms with Gasteiger partial charge in [0.05, 0.1) is 17.1 Å². The van der Waals surface area contributed by atoms with Gasteiger partial charge in [-0.3, -0.25) is 14.3 Å². The quantitative estimate of drug-likeness (QED) is 0.883. The molecule has 7 heteroatoms. The van der Waals surface area contributed by atoms with E-state index in [-0.39, 0.29) is 29.3 Å². The Labute approximate surface area is 140 Å². The van der Waals surface area contributed by atoms with Crippen LogP contribution in [0.15, 0.2) is 12.4 Å². The Hall–Kier alpha value is -1.56. The van der Waals surface area contributed by atoms with Crippen molar-refractivity contribution in [2.45, 2.75) is 57.5 Å². The molecule has 2 saturated carbocycles. The van der Waals surface area contributed by atoms with E-state index >= 15 is 0 Å². The second-order valence-electron chi connectivity index (χ2n) is 7.04. The van der Waals surface area contributed by atoms with Crippen molar-refractivity contribution in [2.24, 2.45) is 11.3 Å². The third-order valence-corrected chi connectivity index (χ3v) is 5.64. The first-order valence-corrected chi connectivity index (χ1v) is 8.49. The van der Waals surface area contributed by atoms with Gasteiger partial charge in [0.25, 0.3) is 0 Å². The van der Waals surface area contributed by atoms with Crippen LogP contribution in [-0.4, -0.2) is 32.8 Å². The first-order chi connectivity index (χ1) is 10.9. The number of hydrogen-bond donors (Lipinski definition) is 2. The molecule has 2 fully saturated rings. The van der Waals surface area contributed by atoms with E-state index in [0.29, 0.717) is 5.02 Å². The number of hydrogen-bond acceptors (Lipinski definition) is 3. The van der Waals surface area contributed by atoms with Crippen LogP contribution >= 0.6 is 11.6 Å². The van der Waals surface area contributed by atoms with Crippen molar-refractivity contribution in [1.82, 2.24) is 15.1 Å². The molecule has 1 amide bonds. The van der Waals surface area contributed by atoms with Crippen molar-refractivity contribution >= 4 is 23.5 Å². The smallest absolute Gasteiger partial charge is 0.306 e. The number of aromatic nitrogens is 2. The van der Waals surface area contributed by atoms with Crippen LogP contribution in [0.3, 0.4) is 0 Å². The van der Waals surface area contributed by atoms with Gasteiger partial charge in [-0.15, -0.1) is 0 Å². The molecular weight excluding hydrogens is 318 g/mol. The van der Waals surface area contributed by atoms with Gasteiger partial charge in [-0.1, -0.05) is 11.6 Å². The third-order valence-electron chi connectivity index (χ3n) is 5.45. The maximum absolute atomic E-state index is 12.3. The van der Waals surface area contributed by atoms with E-state index in [1.165, 1.54) is 6.20 Å². The summed E-state index contributed by atoms with van der Waals surface area (Å²) in [5, 5.41) is 16.7. The molecule has 3 rings (SSSR count). The number of carboxylic acid groups (broad SMARTS) is 1. The van der Waals surface area contributed by atoms with E-state index < -0.39 is 5.97 Å². The van der Waals surface area contributed by atoms with Gasteiger partial charge in [0.2, 0.25) is 5.91 Å². The van der Waals surface area contributed by atoms with Crippen molar-refractivity contribution < 1.29 is 14.7 Å². The maximum atomic E-state index is 12.3. The predicted molar refractivity (Wildman–Crippen MR) is 85.1 cm³/mol. The molecular formula is C16H22ClN3O3. The van der Waals surface area contributed by atoms with E-state index in [2.05, 4.69) is 10.4 Å². The lowest BCUT2D eigenvalue weighted by molar-refractivity contribution is -0.144. The fraction of sp³-hybridized carbons (Fsp3) is 0.688. The van der Waals surface area contributed by atoms with Crippen molar-refractivity contribution in [3.63, 3.8) is 0 Å². The number of amides is 1. The Morgan fingerprint density at radius 1 is 1.43 bits per heavy atom. The van der Waals surface area contributed by atoms with E-state index in [0.717, 1.165) is 38.5 Å². The van der Waals surface area contributed by atoms with Crippen LogP contribution in [0.5, 0.6) is 0 Å². The number of carbonyl (C=O) groups excluding carboxylic acids is 1. The molecule has 1 heterocycles. The molecule has 0 aromatic carbocycles. The highest BCUT2D eigenvalue weighted by Gasteiger charge is 2.47. The van der Waals surface area contributed by atoms with Crippen LogP contribution in [0.2, 0.25) is 5.02 Å². The molecule has 1 aromatic heterocycles. The normalized spacial score (nSPS) is 31.4. The third kappa shape index (κ3) is 3.37. The Morgan fingerprint density at radius 3 is 2.61 bits per heavy atom. The van der Waals surface area contributed by atoms with Gasteiger partial charge in [-0.2, -0.15) is 5.10 Å². The number of carbonyl (C=O) groups is 2. The van der Waals surface area contributed by atoms with E-state index in [9.17, 15) is 9.59 Å². The standard InChI is InChI=1S/C16H22ClN3O3/c1-10(20-9-12(17)8-18-20)14(21)19-13-6-16(7-13)4-2-11(3-5-16)15(22)23/h8-11,13H,2-7H2,1H3,(H,19,21)(H,22,23). The van der Waals surface area contributed by atoms with Crippen molar-refractivity contribution in [3.8, 4) is 0 Å². The topological polar surface area (TPSA) is 84.2 Å². The zero-order valence-corrected chi connectivity index (χ0v) is 13.9. The molecule has 1 unspecified atom stereocenters. The zero-order chi connectivity index (χ0) is 16.6. The zero-order valence-electron chi connectivity index (χ0n) is 13.2. The highest BCUT2D eigenvalue weighted by molar-refractivity contribution is 6.30. The molecule has 126 valence electrons. The summed E-state index contributed by atoms with van der Waals surface area (Å²) in [4.78, 5) is 23.3. The molecule has 2 aliphatic rings. The fourth-order valence-corrected chi connectivity index (χ4v) is 4.09. The Morgan fingerprint density at radius 2 is 2.09 bits per heavy atom. The van der Waals surface area contributed by atoms with E-state index in [1.54, 1.807) is 17.8 Å². The largest absolute Gasteiger partial charge is 0.481 e. The number of aliphatic carboxylic acids is 1. The first-order valence-electron chi connectivity index (χ1n) is 8.11. The van der Waals surface area contributed by atoms with Crippen LogP contribution in [-0.2, 0) is 9.59 Å². The van der Waals surface area contributed by atoms with Crippen molar-refractivity contribution in [3.05, 3.63) is 17.4 Å². The number of carboxylic acids is 1. The number of rotatable bonds is 4. The number of halogens is 1. The van der Waals surface area contributed by atoms with Gasteiger partial charge >= 0.3 is 5.97 Å². The lowest BCUT2D eigenvalue weighted by Gasteiger charge is -2.51. The van der Waals surface area contributed by atoms with Crippen LogP contribution in [0.25, 0.3) is 0 Å². The first kappa shape index (κ1) is 16.3. The average molecular weight is 340 g/mol. The fourth-order valence-electron chi connectivity index (χ4n) is 3.94. The molecule has 6 nitrogen and oxygen atoms in total. The molecule has 0 saturated heterocycles. The molecule has 0 radical (unpaired) electrons. The minimum Gasteiger partial charge on any atom is -0.481 e. The molecule has 1 spiro atoms. The summed E-state index contributed by atoms with van der Waals surface area (Å²) in [7, 11) is 0.